The van der Waals surface area contributed by atoms with E-state index >= 15 is 0 Å². The van der Waals surface area contributed by atoms with Gasteiger partial charge >= 0.3 is 0 Å². The SMILES string of the molecule is Cl.O=C(CC1CC2CCC(C1)N2)N1CCC(c2ccccc2)CC1. The van der Waals surface area contributed by atoms with Gasteiger partial charge in [-0.05, 0) is 55.9 Å². The Morgan fingerprint density at radius 2 is 1.62 bits per heavy atom. The first kappa shape index (κ1) is 17.8. The van der Waals surface area contributed by atoms with Crippen molar-refractivity contribution in [1.29, 1.82) is 0 Å². The van der Waals surface area contributed by atoms with Crippen molar-refractivity contribution in [2.75, 3.05) is 13.1 Å². The summed E-state index contributed by atoms with van der Waals surface area (Å²) in [5.74, 6) is 1.66. The molecule has 1 amide bonds. The maximum atomic E-state index is 12.6. The van der Waals surface area contributed by atoms with Crippen LogP contribution in [-0.2, 0) is 4.79 Å². The topological polar surface area (TPSA) is 32.3 Å². The van der Waals surface area contributed by atoms with E-state index in [1.807, 2.05) is 0 Å². The van der Waals surface area contributed by atoms with Crippen LogP contribution in [0, 0.1) is 5.92 Å². The number of nitrogens with one attached hydrogen (secondary N) is 1. The zero-order valence-electron chi connectivity index (χ0n) is 14.3. The molecule has 0 spiro atoms. The van der Waals surface area contributed by atoms with Crippen LogP contribution < -0.4 is 5.32 Å². The van der Waals surface area contributed by atoms with Gasteiger partial charge in [0.15, 0.2) is 0 Å². The Kier molecular flexibility index (Phi) is 5.83. The minimum Gasteiger partial charge on any atom is -0.343 e. The second-order valence-corrected chi connectivity index (χ2v) is 7.75. The van der Waals surface area contributed by atoms with Crippen molar-refractivity contribution in [1.82, 2.24) is 10.2 Å². The van der Waals surface area contributed by atoms with Crippen molar-refractivity contribution in [3.63, 3.8) is 0 Å². The fourth-order valence-corrected chi connectivity index (χ4v) is 4.91. The summed E-state index contributed by atoms with van der Waals surface area (Å²) in [5.41, 5.74) is 1.44. The van der Waals surface area contributed by atoms with Crippen molar-refractivity contribution >= 4 is 18.3 Å². The average molecular weight is 349 g/mol. The van der Waals surface area contributed by atoms with Gasteiger partial charge in [0.05, 0.1) is 0 Å². The molecule has 4 rings (SSSR count). The number of hydrogen-bond donors (Lipinski definition) is 1. The van der Waals surface area contributed by atoms with Crippen LogP contribution in [-0.4, -0.2) is 36.0 Å². The first-order valence-corrected chi connectivity index (χ1v) is 9.36. The lowest BCUT2D eigenvalue weighted by Crippen LogP contribution is -2.42. The number of piperidine rings is 2. The highest BCUT2D eigenvalue weighted by Gasteiger charge is 2.35. The highest BCUT2D eigenvalue weighted by Crippen LogP contribution is 2.34. The summed E-state index contributed by atoms with van der Waals surface area (Å²) >= 11 is 0. The molecule has 2 bridgehead atoms. The Morgan fingerprint density at radius 3 is 2.25 bits per heavy atom. The molecule has 4 heteroatoms. The van der Waals surface area contributed by atoms with Crippen LogP contribution in [0.4, 0.5) is 0 Å². The fraction of sp³-hybridized carbons (Fsp3) is 0.650. The first-order valence-electron chi connectivity index (χ1n) is 9.36. The molecule has 0 radical (unpaired) electrons. The van der Waals surface area contributed by atoms with Crippen LogP contribution in [0.15, 0.2) is 30.3 Å². The minimum atomic E-state index is 0. The van der Waals surface area contributed by atoms with Crippen LogP contribution in [0.2, 0.25) is 0 Å². The third kappa shape index (κ3) is 3.94. The molecular weight excluding hydrogens is 320 g/mol. The zero-order valence-corrected chi connectivity index (χ0v) is 15.1. The summed E-state index contributed by atoms with van der Waals surface area (Å²) in [6.45, 7) is 1.88. The Bertz CT molecular complexity index is 530. The molecule has 24 heavy (non-hydrogen) atoms. The minimum absolute atomic E-state index is 0. The summed E-state index contributed by atoms with van der Waals surface area (Å²) < 4.78 is 0. The molecule has 3 aliphatic heterocycles. The third-order valence-corrected chi connectivity index (χ3v) is 6.15. The van der Waals surface area contributed by atoms with E-state index in [1.54, 1.807) is 0 Å². The van der Waals surface area contributed by atoms with Crippen molar-refractivity contribution in [3.8, 4) is 0 Å². The lowest BCUT2D eigenvalue weighted by atomic mass is 9.87. The molecule has 0 saturated carbocycles. The van der Waals surface area contributed by atoms with Crippen LogP contribution in [0.1, 0.15) is 56.4 Å². The molecule has 3 fully saturated rings. The Morgan fingerprint density at radius 1 is 1.00 bits per heavy atom. The van der Waals surface area contributed by atoms with Crippen LogP contribution >= 0.6 is 12.4 Å². The van der Waals surface area contributed by atoms with Gasteiger partial charge in [-0.25, -0.2) is 0 Å². The molecule has 2 atom stereocenters. The molecule has 1 aromatic rings. The lowest BCUT2D eigenvalue weighted by molar-refractivity contribution is -0.133. The van der Waals surface area contributed by atoms with E-state index in [0.717, 1.165) is 32.4 Å². The predicted octanol–water partition coefficient (Wildman–Crippen LogP) is 3.74. The second kappa shape index (κ2) is 7.88. The van der Waals surface area contributed by atoms with E-state index < -0.39 is 0 Å². The Labute approximate surface area is 151 Å². The molecule has 0 aromatic heterocycles. The first-order chi connectivity index (χ1) is 11.3. The van der Waals surface area contributed by atoms with E-state index in [1.165, 1.54) is 31.2 Å². The third-order valence-electron chi connectivity index (χ3n) is 6.15. The molecule has 3 aliphatic rings. The van der Waals surface area contributed by atoms with Gasteiger partial charge in [-0.2, -0.15) is 0 Å². The van der Waals surface area contributed by atoms with Gasteiger partial charge in [0, 0.05) is 31.6 Å². The summed E-state index contributed by atoms with van der Waals surface area (Å²) in [7, 11) is 0. The van der Waals surface area contributed by atoms with Crippen LogP contribution in [0.25, 0.3) is 0 Å². The van der Waals surface area contributed by atoms with Gasteiger partial charge < -0.3 is 10.2 Å². The predicted molar refractivity (Wildman–Crippen MR) is 99.5 cm³/mol. The molecule has 3 saturated heterocycles. The highest BCUT2D eigenvalue weighted by molar-refractivity contribution is 5.85. The number of carbonyl (C=O) groups excluding carboxylic acids is 1. The van der Waals surface area contributed by atoms with Crippen LogP contribution in [0.5, 0.6) is 0 Å². The quantitative estimate of drug-likeness (QED) is 0.902. The zero-order chi connectivity index (χ0) is 15.6. The van der Waals surface area contributed by atoms with Gasteiger partial charge in [-0.3, -0.25) is 4.79 Å². The van der Waals surface area contributed by atoms with Crippen molar-refractivity contribution in [2.45, 2.75) is 62.9 Å². The number of likely N-dealkylation sites (tertiary alicyclic amines) is 1. The number of carbonyl (C=O) groups is 1. The molecule has 132 valence electrons. The maximum Gasteiger partial charge on any atom is 0.222 e. The van der Waals surface area contributed by atoms with Crippen molar-refractivity contribution in [3.05, 3.63) is 35.9 Å². The van der Waals surface area contributed by atoms with Gasteiger partial charge in [0.1, 0.15) is 0 Å². The molecule has 3 heterocycles. The monoisotopic (exact) mass is 348 g/mol. The molecule has 2 unspecified atom stereocenters. The number of halogens is 1. The van der Waals surface area contributed by atoms with E-state index in [0.29, 0.717) is 29.8 Å². The van der Waals surface area contributed by atoms with E-state index in [4.69, 9.17) is 0 Å². The summed E-state index contributed by atoms with van der Waals surface area (Å²) in [6, 6.07) is 12.2. The van der Waals surface area contributed by atoms with Crippen molar-refractivity contribution < 1.29 is 4.79 Å². The maximum absolute atomic E-state index is 12.6. The Hall–Kier alpha value is -1.06. The molecule has 1 N–H and O–H groups in total. The number of fused-ring (bicyclic) bond motifs is 2. The number of nitrogens with zero attached hydrogens (tertiary/aromatic N) is 1. The number of benzene rings is 1. The normalized spacial score (nSPS) is 30.0. The van der Waals surface area contributed by atoms with E-state index in [-0.39, 0.29) is 12.4 Å². The lowest BCUT2D eigenvalue weighted by Gasteiger charge is -2.34. The summed E-state index contributed by atoms with van der Waals surface area (Å²) in [5, 5.41) is 3.67. The highest BCUT2D eigenvalue weighted by atomic mass is 35.5. The summed E-state index contributed by atoms with van der Waals surface area (Å²) in [4.78, 5) is 14.8. The molecule has 1 aromatic carbocycles. The van der Waals surface area contributed by atoms with E-state index in [9.17, 15) is 4.79 Å². The standard InChI is InChI=1S/C20H28N2O.ClH/c23-20(14-15-12-18-6-7-19(13-15)21-18)22-10-8-17(9-11-22)16-4-2-1-3-5-16;/h1-5,15,17-19,21H,6-14H2;1H. The fourth-order valence-electron chi connectivity index (χ4n) is 4.91. The largest absolute Gasteiger partial charge is 0.343 e. The van der Waals surface area contributed by atoms with Gasteiger partial charge in [0.25, 0.3) is 0 Å². The molecular formula is C20H29ClN2O. The van der Waals surface area contributed by atoms with Gasteiger partial charge in [-0.1, -0.05) is 30.3 Å². The number of amides is 1. The molecule has 0 aliphatic carbocycles. The average Bonchev–Trinajstić information content (AvgIpc) is 2.94. The molecule has 3 nitrogen and oxygen atoms in total. The van der Waals surface area contributed by atoms with E-state index in [2.05, 4.69) is 40.5 Å². The number of rotatable bonds is 3. The Balaban J connectivity index is 0.00000169. The second-order valence-electron chi connectivity index (χ2n) is 7.75. The summed E-state index contributed by atoms with van der Waals surface area (Å²) in [6.07, 6.45) is 8.08. The van der Waals surface area contributed by atoms with Gasteiger partial charge in [-0.15, -0.1) is 12.4 Å². The van der Waals surface area contributed by atoms with Crippen molar-refractivity contribution in [2.24, 2.45) is 5.92 Å². The smallest absolute Gasteiger partial charge is 0.222 e. The van der Waals surface area contributed by atoms with Gasteiger partial charge in [0.2, 0.25) is 5.91 Å². The van der Waals surface area contributed by atoms with Crippen LogP contribution in [0.3, 0.4) is 0 Å². The number of hydrogen-bond acceptors (Lipinski definition) is 2.